The average Bonchev–Trinajstić information content (AvgIpc) is 1.98. The van der Waals surface area contributed by atoms with Crippen LogP contribution in [0.4, 0.5) is 26.3 Å². The Morgan fingerprint density at radius 3 is 1.56 bits per heavy atom. The maximum atomic E-state index is 12.3. The summed E-state index contributed by atoms with van der Waals surface area (Å²) >= 11 is 0. The Kier molecular flexibility index (Phi) is 4.40. The summed E-state index contributed by atoms with van der Waals surface area (Å²) in [6.45, 7) is 5.27. The number of allylic oxidation sites excluding steroid dienone is 5. The summed E-state index contributed by atoms with van der Waals surface area (Å²) in [5.74, 6) is 0. The van der Waals surface area contributed by atoms with E-state index in [4.69, 9.17) is 0 Å². The first-order chi connectivity index (χ1) is 6.94. The van der Waals surface area contributed by atoms with Crippen LogP contribution in [0, 0.1) is 0 Å². The van der Waals surface area contributed by atoms with E-state index in [1.807, 2.05) is 0 Å². The van der Waals surface area contributed by atoms with Crippen molar-refractivity contribution in [1.82, 2.24) is 0 Å². The van der Waals surface area contributed by atoms with Gasteiger partial charge >= 0.3 is 12.4 Å². The van der Waals surface area contributed by atoms with Crippen molar-refractivity contribution in [3.05, 3.63) is 35.5 Å². The van der Waals surface area contributed by atoms with Gasteiger partial charge in [0.05, 0.1) is 5.57 Å². The second kappa shape index (κ2) is 4.76. The maximum absolute atomic E-state index is 12.3. The monoisotopic (exact) mass is 244 g/mol. The number of halogens is 6. The van der Waals surface area contributed by atoms with Crippen molar-refractivity contribution in [3.8, 4) is 0 Å². The zero-order valence-corrected chi connectivity index (χ0v) is 8.63. The molecule has 0 saturated carbocycles. The van der Waals surface area contributed by atoms with Gasteiger partial charge in [0.2, 0.25) is 0 Å². The fourth-order valence-corrected chi connectivity index (χ4v) is 0.786. The molecule has 0 aliphatic heterocycles. The molecule has 0 amide bonds. The van der Waals surface area contributed by atoms with Gasteiger partial charge in [0.15, 0.2) is 0 Å². The van der Waals surface area contributed by atoms with Crippen LogP contribution in [0.1, 0.15) is 13.8 Å². The smallest absolute Gasteiger partial charge is 0.166 e. The Morgan fingerprint density at radius 2 is 1.31 bits per heavy atom. The molecule has 0 unspecified atom stereocenters. The molecule has 6 heteroatoms. The lowest BCUT2D eigenvalue weighted by Crippen LogP contribution is -2.14. The first kappa shape index (κ1) is 14.8. The van der Waals surface area contributed by atoms with Crippen LogP contribution in [-0.2, 0) is 0 Å². The molecule has 0 rings (SSSR count). The van der Waals surface area contributed by atoms with Crippen molar-refractivity contribution in [3.63, 3.8) is 0 Å². The molecule has 0 aromatic heterocycles. The second-order valence-electron chi connectivity index (χ2n) is 3.34. The predicted molar refractivity (Wildman–Crippen MR) is 48.8 cm³/mol. The maximum Gasteiger partial charge on any atom is 0.416 e. The third-order valence-corrected chi connectivity index (χ3v) is 1.47. The highest BCUT2D eigenvalue weighted by molar-refractivity contribution is 5.35. The first-order valence-electron chi connectivity index (χ1n) is 4.14. The first-order valence-corrected chi connectivity index (χ1v) is 4.14. The van der Waals surface area contributed by atoms with E-state index in [0.717, 1.165) is 0 Å². The van der Waals surface area contributed by atoms with Gasteiger partial charge in [-0.15, -0.1) is 0 Å². The Bertz CT molecular complexity index is 322. The van der Waals surface area contributed by atoms with Gasteiger partial charge in [-0.05, 0) is 19.9 Å². The number of alkyl halides is 6. The molecule has 0 atom stereocenters. The highest BCUT2D eigenvalue weighted by Gasteiger charge is 2.36. The van der Waals surface area contributed by atoms with Crippen LogP contribution in [0.15, 0.2) is 35.5 Å². The number of hydrogen-bond acceptors (Lipinski definition) is 0. The Hall–Kier alpha value is -1.20. The van der Waals surface area contributed by atoms with Crippen LogP contribution >= 0.6 is 0 Å². The Labute approximate surface area is 88.9 Å². The van der Waals surface area contributed by atoms with Crippen molar-refractivity contribution < 1.29 is 26.3 Å². The van der Waals surface area contributed by atoms with Gasteiger partial charge in [-0.25, -0.2) is 0 Å². The quantitative estimate of drug-likeness (QED) is 0.493. The van der Waals surface area contributed by atoms with E-state index in [0.29, 0.717) is 6.08 Å². The van der Waals surface area contributed by atoms with Crippen LogP contribution in [0.2, 0.25) is 0 Å². The lowest BCUT2D eigenvalue weighted by atomic mass is 10.1. The molecular weight excluding hydrogens is 234 g/mol. The summed E-state index contributed by atoms with van der Waals surface area (Å²) < 4.78 is 72.9. The van der Waals surface area contributed by atoms with Crippen LogP contribution < -0.4 is 0 Å². The predicted octanol–water partition coefficient (Wildman–Crippen LogP) is 4.56. The fraction of sp³-hybridized carbons (Fsp3) is 0.400. The molecule has 0 nitrogen and oxygen atoms in total. The molecule has 0 aliphatic rings. The molecule has 0 heterocycles. The van der Waals surface area contributed by atoms with E-state index >= 15 is 0 Å². The van der Waals surface area contributed by atoms with E-state index in [1.165, 1.54) is 13.8 Å². The Morgan fingerprint density at radius 1 is 0.875 bits per heavy atom. The molecule has 0 N–H and O–H groups in total. The minimum absolute atomic E-state index is 0.00694. The summed E-state index contributed by atoms with van der Waals surface area (Å²) in [6.07, 6.45) is -9.05. The second-order valence-corrected chi connectivity index (χ2v) is 3.34. The minimum Gasteiger partial charge on any atom is -0.166 e. The van der Waals surface area contributed by atoms with Crippen LogP contribution in [0.5, 0.6) is 0 Å². The van der Waals surface area contributed by atoms with Crippen LogP contribution in [-0.4, -0.2) is 12.4 Å². The van der Waals surface area contributed by atoms with Crippen LogP contribution in [0.25, 0.3) is 0 Å². The highest BCUT2D eigenvalue weighted by atomic mass is 19.4. The van der Waals surface area contributed by atoms with Crippen molar-refractivity contribution in [2.45, 2.75) is 26.2 Å². The van der Waals surface area contributed by atoms with E-state index in [-0.39, 0.29) is 11.6 Å². The molecular formula is C10H10F6. The number of rotatable bonds is 2. The van der Waals surface area contributed by atoms with E-state index in [2.05, 4.69) is 6.58 Å². The molecule has 0 bridgehead atoms. The zero-order chi connectivity index (χ0) is 13.1. The minimum atomic E-state index is -4.86. The lowest BCUT2D eigenvalue weighted by Gasteiger charge is -2.11. The summed E-state index contributed by atoms with van der Waals surface area (Å²) in [5, 5.41) is 0. The largest absolute Gasteiger partial charge is 0.416 e. The van der Waals surface area contributed by atoms with Gasteiger partial charge in [0.25, 0.3) is 0 Å². The van der Waals surface area contributed by atoms with E-state index < -0.39 is 23.5 Å². The van der Waals surface area contributed by atoms with Gasteiger partial charge in [-0.1, -0.05) is 18.2 Å². The van der Waals surface area contributed by atoms with Crippen molar-refractivity contribution in [2.24, 2.45) is 0 Å². The van der Waals surface area contributed by atoms with Gasteiger partial charge in [0.1, 0.15) is 0 Å². The third kappa shape index (κ3) is 5.04. The van der Waals surface area contributed by atoms with Crippen molar-refractivity contribution >= 4 is 0 Å². The SMILES string of the molecule is C=C(/C=C(\C=C(C)C)C(F)(F)F)C(F)(F)F. The number of hydrogen-bond donors (Lipinski definition) is 0. The van der Waals surface area contributed by atoms with E-state index in [9.17, 15) is 26.3 Å². The van der Waals surface area contributed by atoms with E-state index in [1.54, 1.807) is 0 Å². The molecule has 0 radical (unpaired) electrons. The molecule has 0 spiro atoms. The Balaban J connectivity index is 5.31. The normalized spacial score (nSPS) is 13.6. The standard InChI is InChI=1S/C10H10F6/c1-6(2)4-8(10(14,15)16)5-7(3)9(11,12)13/h4-5H,3H2,1-2H3/b8-5+. The van der Waals surface area contributed by atoms with Crippen molar-refractivity contribution in [1.29, 1.82) is 0 Å². The summed E-state index contributed by atoms with van der Waals surface area (Å²) in [6, 6.07) is 0. The van der Waals surface area contributed by atoms with Gasteiger partial charge in [0, 0.05) is 5.57 Å². The topological polar surface area (TPSA) is 0 Å². The summed E-state index contributed by atoms with van der Waals surface area (Å²) in [5.41, 5.74) is -2.65. The fourth-order valence-electron chi connectivity index (χ4n) is 0.786. The average molecular weight is 244 g/mol. The molecule has 0 aliphatic carbocycles. The van der Waals surface area contributed by atoms with Gasteiger partial charge < -0.3 is 0 Å². The molecule has 0 aromatic carbocycles. The highest BCUT2D eigenvalue weighted by Crippen LogP contribution is 2.32. The van der Waals surface area contributed by atoms with Crippen molar-refractivity contribution in [2.75, 3.05) is 0 Å². The summed E-state index contributed by atoms with van der Waals surface area (Å²) in [7, 11) is 0. The van der Waals surface area contributed by atoms with Crippen LogP contribution in [0.3, 0.4) is 0 Å². The third-order valence-electron chi connectivity index (χ3n) is 1.47. The molecule has 0 aromatic rings. The molecule has 0 fully saturated rings. The van der Waals surface area contributed by atoms with Gasteiger partial charge in [-0.2, -0.15) is 26.3 Å². The molecule has 16 heavy (non-hydrogen) atoms. The molecule has 92 valence electrons. The lowest BCUT2D eigenvalue weighted by molar-refractivity contribution is -0.0932. The summed E-state index contributed by atoms with van der Waals surface area (Å²) in [4.78, 5) is 0. The molecule has 0 saturated heterocycles. The zero-order valence-electron chi connectivity index (χ0n) is 8.63. The van der Waals surface area contributed by atoms with Gasteiger partial charge in [-0.3, -0.25) is 0 Å².